The lowest BCUT2D eigenvalue weighted by molar-refractivity contribution is 0.386. The van der Waals surface area contributed by atoms with E-state index in [0.717, 1.165) is 5.69 Å². The third-order valence-corrected chi connectivity index (χ3v) is 2.21. The van der Waals surface area contributed by atoms with E-state index in [2.05, 4.69) is 10.3 Å². The molecule has 84 valence electrons. The molecule has 0 spiro atoms. The highest BCUT2D eigenvalue weighted by Crippen LogP contribution is 2.20. The average Bonchev–Trinajstić information content (AvgIpc) is 2.78. The summed E-state index contributed by atoms with van der Waals surface area (Å²) in [6.45, 7) is 0.312. The summed E-state index contributed by atoms with van der Waals surface area (Å²) >= 11 is 0. The number of rotatable bonds is 3. The quantitative estimate of drug-likeness (QED) is 0.837. The standard InChI is InChI=1S/C10H11FN4O/c1-16-10-4-7(2-3-9(10)11)15-8(5-12)6-13-14-15/h2-4,6H,5,12H2,1H3. The van der Waals surface area contributed by atoms with Gasteiger partial charge in [0.2, 0.25) is 0 Å². The van der Waals surface area contributed by atoms with E-state index in [9.17, 15) is 4.39 Å². The van der Waals surface area contributed by atoms with E-state index in [4.69, 9.17) is 10.5 Å². The number of ether oxygens (including phenoxy) is 1. The first kappa shape index (κ1) is 10.6. The van der Waals surface area contributed by atoms with Gasteiger partial charge >= 0.3 is 0 Å². The van der Waals surface area contributed by atoms with E-state index in [1.165, 1.54) is 13.2 Å². The summed E-state index contributed by atoms with van der Waals surface area (Å²) in [7, 11) is 1.41. The van der Waals surface area contributed by atoms with Gasteiger partial charge < -0.3 is 10.5 Å². The van der Waals surface area contributed by atoms with Crippen molar-refractivity contribution in [3.8, 4) is 11.4 Å². The van der Waals surface area contributed by atoms with Crippen LogP contribution in [0, 0.1) is 5.82 Å². The molecule has 0 aliphatic rings. The summed E-state index contributed by atoms with van der Waals surface area (Å²) < 4.78 is 19.6. The molecule has 1 aromatic heterocycles. The molecule has 0 amide bonds. The Labute approximate surface area is 91.6 Å². The molecule has 2 aromatic rings. The van der Waals surface area contributed by atoms with Crippen LogP contribution in [-0.4, -0.2) is 22.1 Å². The van der Waals surface area contributed by atoms with Crippen molar-refractivity contribution in [2.24, 2.45) is 5.73 Å². The number of methoxy groups -OCH3 is 1. The molecular formula is C10H11FN4O. The first-order chi connectivity index (χ1) is 7.76. The first-order valence-electron chi connectivity index (χ1n) is 4.70. The van der Waals surface area contributed by atoms with Crippen molar-refractivity contribution in [2.75, 3.05) is 7.11 Å². The number of benzene rings is 1. The van der Waals surface area contributed by atoms with Gasteiger partial charge in [-0.25, -0.2) is 9.07 Å². The molecule has 2 rings (SSSR count). The molecule has 0 aliphatic heterocycles. The second-order valence-corrected chi connectivity index (χ2v) is 3.16. The maximum atomic E-state index is 13.2. The number of nitrogens with zero attached hydrogens (tertiary/aromatic N) is 3. The van der Waals surface area contributed by atoms with Gasteiger partial charge in [-0.05, 0) is 12.1 Å². The SMILES string of the molecule is COc1cc(-n2nncc2CN)ccc1F. The molecule has 1 heterocycles. The van der Waals surface area contributed by atoms with Gasteiger partial charge in [0.05, 0.1) is 24.7 Å². The van der Waals surface area contributed by atoms with Crippen LogP contribution in [0.2, 0.25) is 0 Å². The fourth-order valence-electron chi connectivity index (χ4n) is 1.39. The van der Waals surface area contributed by atoms with E-state index < -0.39 is 5.82 Å². The van der Waals surface area contributed by atoms with Crippen LogP contribution in [-0.2, 0) is 6.54 Å². The Kier molecular flexibility index (Phi) is 2.82. The largest absolute Gasteiger partial charge is 0.494 e. The summed E-state index contributed by atoms with van der Waals surface area (Å²) in [6.07, 6.45) is 1.57. The summed E-state index contributed by atoms with van der Waals surface area (Å²) in [4.78, 5) is 0. The van der Waals surface area contributed by atoms with Crippen LogP contribution in [0.15, 0.2) is 24.4 Å². The number of hydrogen-bond acceptors (Lipinski definition) is 4. The van der Waals surface area contributed by atoms with Crippen molar-refractivity contribution in [3.05, 3.63) is 35.9 Å². The van der Waals surface area contributed by atoms with Crippen LogP contribution >= 0.6 is 0 Å². The van der Waals surface area contributed by atoms with E-state index in [1.54, 1.807) is 23.0 Å². The predicted molar refractivity (Wildman–Crippen MR) is 55.8 cm³/mol. The molecule has 0 aliphatic carbocycles. The van der Waals surface area contributed by atoms with Gasteiger partial charge in [-0.3, -0.25) is 0 Å². The third kappa shape index (κ3) is 1.74. The van der Waals surface area contributed by atoms with E-state index in [-0.39, 0.29) is 5.75 Å². The van der Waals surface area contributed by atoms with Crippen LogP contribution in [0.5, 0.6) is 5.75 Å². The number of aromatic nitrogens is 3. The molecule has 0 unspecified atom stereocenters. The van der Waals surface area contributed by atoms with Gasteiger partial charge in [-0.1, -0.05) is 5.21 Å². The van der Waals surface area contributed by atoms with Crippen LogP contribution in [0.1, 0.15) is 5.69 Å². The van der Waals surface area contributed by atoms with Crippen molar-refractivity contribution in [2.45, 2.75) is 6.54 Å². The Morgan fingerprint density at radius 1 is 1.50 bits per heavy atom. The van der Waals surface area contributed by atoms with Gasteiger partial charge in [0, 0.05) is 12.6 Å². The molecular weight excluding hydrogens is 211 g/mol. The van der Waals surface area contributed by atoms with Crippen LogP contribution in [0.4, 0.5) is 4.39 Å². The summed E-state index contributed by atoms with van der Waals surface area (Å²) in [5, 5.41) is 7.62. The summed E-state index contributed by atoms with van der Waals surface area (Å²) in [5.41, 5.74) is 6.93. The zero-order valence-electron chi connectivity index (χ0n) is 8.72. The highest BCUT2D eigenvalue weighted by molar-refractivity contribution is 5.40. The van der Waals surface area contributed by atoms with Gasteiger partial charge in [0.15, 0.2) is 11.6 Å². The lowest BCUT2D eigenvalue weighted by atomic mass is 10.3. The summed E-state index contributed by atoms with van der Waals surface area (Å²) in [6, 6.07) is 4.45. The molecule has 0 atom stereocenters. The second kappa shape index (κ2) is 4.28. The van der Waals surface area contributed by atoms with E-state index in [0.29, 0.717) is 12.2 Å². The predicted octanol–water partition coefficient (Wildman–Crippen LogP) is 0.874. The molecule has 0 bridgehead atoms. The fraction of sp³-hybridized carbons (Fsp3) is 0.200. The normalized spacial score (nSPS) is 10.4. The molecule has 5 nitrogen and oxygen atoms in total. The van der Waals surface area contributed by atoms with Crippen molar-refractivity contribution >= 4 is 0 Å². The van der Waals surface area contributed by atoms with E-state index in [1.807, 2.05) is 0 Å². The van der Waals surface area contributed by atoms with Crippen molar-refractivity contribution in [3.63, 3.8) is 0 Å². The Morgan fingerprint density at radius 2 is 2.31 bits per heavy atom. The lowest BCUT2D eigenvalue weighted by Crippen LogP contribution is -2.07. The average molecular weight is 222 g/mol. The fourth-order valence-corrected chi connectivity index (χ4v) is 1.39. The summed E-state index contributed by atoms with van der Waals surface area (Å²) in [5.74, 6) is -0.253. The maximum Gasteiger partial charge on any atom is 0.165 e. The molecule has 0 radical (unpaired) electrons. The lowest BCUT2D eigenvalue weighted by Gasteiger charge is -2.07. The van der Waals surface area contributed by atoms with Crippen LogP contribution in [0.25, 0.3) is 5.69 Å². The number of hydrogen-bond donors (Lipinski definition) is 1. The molecule has 1 aromatic carbocycles. The number of halogens is 1. The molecule has 6 heteroatoms. The minimum absolute atomic E-state index is 0.163. The first-order valence-corrected chi connectivity index (χ1v) is 4.70. The Bertz CT molecular complexity index is 497. The monoisotopic (exact) mass is 222 g/mol. The van der Waals surface area contributed by atoms with Crippen molar-refractivity contribution < 1.29 is 9.13 Å². The topological polar surface area (TPSA) is 66.0 Å². The Hall–Kier alpha value is -1.95. The Balaban J connectivity index is 2.48. The molecule has 2 N–H and O–H groups in total. The third-order valence-electron chi connectivity index (χ3n) is 2.21. The van der Waals surface area contributed by atoms with Crippen LogP contribution < -0.4 is 10.5 Å². The minimum Gasteiger partial charge on any atom is -0.494 e. The second-order valence-electron chi connectivity index (χ2n) is 3.16. The molecule has 0 fully saturated rings. The Morgan fingerprint density at radius 3 is 3.00 bits per heavy atom. The highest BCUT2D eigenvalue weighted by Gasteiger charge is 2.08. The smallest absolute Gasteiger partial charge is 0.165 e. The highest BCUT2D eigenvalue weighted by atomic mass is 19.1. The zero-order valence-corrected chi connectivity index (χ0v) is 8.72. The van der Waals surface area contributed by atoms with Crippen molar-refractivity contribution in [1.29, 1.82) is 0 Å². The molecule has 0 saturated heterocycles. The van der Waals surface area contributed by atoms with Gasteiger partial charge in [0.25, 0.3) is 0 Å². The van der Waals surface area contributed by atoms with Gasteiger partial charge in [-0.15, -0.1) is 5.10 Å². The van der Waals surface area contributed by atoms with Gasteiger partial charge in [-0.2, -0.15) is 0 Å². The molecule has 0 saturated carbocycles. The van der Waals surface area contributed by atoms with Crippen LogP contribution in [0.3, 0.4) is 0 Å². The minimum atomic E-state index is -0.416. The van der Waals surface area contributed by atoms with E-state index >= 15 is 0 Å². The molecule has 16 heavy (non-hydrogen) atoms. The van der Waals surface area contributed by atoms with Gasteiger partial charge in [0.1, 0.15) is 0 Å². The zero-order chi connectivity index (χ0) is 11.5. The number of nitrogens with two attached hydrogens (primary N) is 1. The maximum absolute atomic E-state index is 13.2. The van der Waals surface area contributed by atoms with Crippen molar-refractivity contribution in [1.82, 2.24) is 15.0 Å².